The second kappa shape index (κ2) is 7.17. The van der Waals surface area contributed by atoms with Crippen molar-refractivity contribution in [3.63, 3.8) is 0 Å². The molecule has 0 aromatic carbocycles. The molecule has 0 radical (unpaired) electrons. The van der Waals surface area contributed by atoms with Crippen molar-refractivity contribution in [1.82, 2.24) is 19.4 Å². The summed E-state index contributed by atoms with van der Waals surface area (Å²) in [6.45, 7) is 2.65. The fraction of sp³-hybridized carbons (Fsp3) is 0.476. The number of alkyl halides is 1. The Labute approximate surface area is 168 Å². The second-order valence-electron chi connectivity index (χ2n) is 8.01. The van der Waals surface area contributed by atoms with Crippen LogP contribution in [0, 0.1) is 0 Å². The fourth-order valence-electron chi connectivity index (χ4n) is 4.17. The summed E-state index contributed by atoms with van der Waals surface area (Å²) >= 11 is 0. The maximum Gasteiger partial charge on any atom is 0.410 e. The quantitative estimate of drug-likeness (QED) is 0.797. The predicted octanol–water partition coefficient (Wildman–Crippen LogP) is 2.67. The van der Waals surface area contributed by atoms with E-state index in [9.17, 15) is 9.18 Å². The van der Waals surface area contributed by atoms with E-state index in [1.54, 1.807) is 4.90 Å². The number of hydrogen-bond acceptors (Lipinski definition) is 5. The maximum absolute atomic E-state index is 12.9. The molecule has 2 aromatic rings. The van der Waals surface area contributed by atoms with Crippen LogP contribution in [-0.4, -0.2) is 64.0 Å². The molecule has 1 saturated carbocycles. The third-order valence-electron chi connectivity index (χ3n) is 5.94. The van der Waals surface area contributed by atoms with Crippen LogP contribution in [0.1, 0.15) is 29.8 Å². The molecule has 3 heterocycles. The van der Waals surface area contributed by atoms with Gasteiger partial charge in [-0.15, -0.1) is 0 Å². The third kappa shape index (κ3) is 3.47. The number of carbonyl (C=O) groups excluding carboxylic acids is 1. The molecule has 152 valence electrons. The van der Waals surface area contributed by atoms with E-state index >= 15 is 0 Å². The van der Waals surface area contributed by atoms with Gasteiger partial charge in [0, 0.05) is 76.1 Å². The molecule has 2 aliphatic carbocycles. The second-order valence-corrected chi connectivity index (χ2v) is 8.01. The minimum absolute atomic E-state index is 0.255. The lowest BCUT2D eigenvalue weighted by Crippen LogP contribution is -2.50. The molecule has 8 heteroatoms. The standard InChI is InChI=1S/C21H24FN5O2/c1-25-12-19(24-13-25)14-8-17-18(9-14)23-3-2-20(17)26-4-6-27(7-5-26)21(28)29-16-10-15(22)11-16/h2-3,8,12-13,15-16H,4-7,9-11H2,1H3. The van der Waals surface area contributed by atoms with E-state index in [0.717, 1.165) is 42.1 Å². The Morgan fingerprint density at radius 3 is 2.69 bits per heavy atom. The van der Waals surface area contributed by atoms with Gasteiger partial charge in [-0.1, -0.05) is 0 Å². The topological polar surface area (TPSA) is 63.5 Å². The number of carbonyl (C=O) groups is 1. The van der Waals surface area contributed by atoms with Crippen LogP contribution < -0.4 is 4.90 Å². The minimum atomic E-state index is -0.817. The van der Waals surface area contributed by atoms with E-state index in [4.69, 9.17) is 4.74 Å². The summed E-state index contributed by atoms with van der Waals surface area (Å²) in [6, 6.07) is 2.04. The highest BCUT2D eigenvalue weighted by atomic mass is 19.1. The van der Waals surface area contributed by atoms with Crippen LogP contribution in [-0.2, 0) is 18.2 Å². The molecule has 0 N–H and O–H groups in total. The van der Waals surface area contributed by atoms with E-state index in [1.165, 1.54) is 5.57 Å². The zero-order valence-electron chi connectivity index (χ0n) is 16.4. The van der Waals surface area contributed by atoms with Gasteiger partial charge in [-0.2, -0.15) is 0 Å². The smallest absolute Gasteiger partial charge is 0.410 e. The summed E-state index contributed by atoms with van der Waals surface area (Å²) in [5.41, 5.74) is 5.52. The van der Waals surface area contributed by atoms with Crippen molar-refractivity contribution in [1.29, 1.82) is 0 Å². The van der Waals surface area contributed by atoms with Crippen molar-refractivity contribution < 1.29 is 13.9 Å². The molecule has 7 nitrogen and oxygen atoms in total. The van der Waals surface area contributed by atoms with Crippen LogP contribution >= 0.6 is 0 Å². The number of aryl methyl sites for hydroxylation is 1. The largest absolute Gasteiger partial charge is 0.446 e. The summed E-state index contributed by atoms with van der Waals surface area (Å²) < 4.78 is 20.2. The molecule has 0 unspecified atom stereocenters. The van der Waals surface area contributed by atoms with Gasteiger partial charge in [-0.25, -0.2) is 14.2 Å². The van der Waals surface area contributed by atoms with Gasteiger partial charge >= 0.3 is 6.09 Å². The van der Waals surface area contributed by atoms with Crippen molar-refractivity contribution in [2.45, 2.75) is 31.5 Å². The molecule has 0 bridgehead atoms. The van der Waals surface area contributed by atoms with Gasteiger partial charge in [-0.05, 0) is 17.7 Å². The summed E-state index contributed by atoms with van der Waals surface area (Å²) in [7, 11) is 1.97. The highest BCUT2D eigenvalue weighted by Gasteiger charge is 2.34. The van der Waals surface area contributed by atoms with E-state index in [2.05, 4.69) is 20.9 Å². The molecule has 2 fully saturated rings. The van der Waals surface area contributed by atoms with Crippen molar-refractivity contribution in [3.05, 3.63) is 41.7 Å². The normalized spacial score (nSPS) is 23.4. The summed E-state index contributed by atoms with van der Waals surface area (Å²) in [4.78, 5) is 25.3. The Hall–Kier alpha value is -2.90. The lowest BCUT2D eigenvalue weighted by Gasteiger charge is -2.38. The van der Waals surface area contributed by atoms with Gasteiger partial charge in [0.2, 0.25) is 0 Å². The first-order valence-corrected chi connectivity index (χ1v) is 10.1. The molecular formula is C21H24FN5O2. The predicted molar refractivity (Wildman–Crippen MR) is 107 cm³/mol. The molecule has 29 heavy (non-hydrogen) atoms. The number of aromatic nitrogens is 3. The number of anilines is 1. The first-order chi connectivity index (χ1) is 14.1. The third-order valence-corrected chi connectivity index (χ3v) is 5.94. The molecule has 1 aliphatic heterocycles. The Morgan fingerprint density at radius 2 is 2.00 bits per heavy atom. The number of imidazole rings is 1. The molecule has 0 spiro atoms. The maximum atomic E-state index is 12.9. The Balaban J connectivity index is 1.26. The lowest BCUT2D eigenvalue weighted by atomic mass is 9.94. The average molecular weight is 397 g/mol. The van der Waals surface area contributed by atoms with Crippen LogP contribution in [0.25, 0.3) is 11.6 Å². The number of pyridine rings is 1. The van der Waals surface area contributed by atoms with Crippen LogP contribution in [0.15, 0.2) is 24.8 Å². The van der Waals surface area contributed by atoms with Gasteiger partial charge in [-0.3, -0.25) is 4.98 Å². The van der Waals surface area contributed by atoms with Gasteiger partial charge < -0.3 is 19.1 Å². The molecule has 0 atom stereocenters. The van der Waals surface area contributed by atoms with E-state index < -0.39 is 6.17 Å². The molecule has 2 aromatic heterocycles. The van der Waals surface area contributed by atoms with Gasteiger partial charge in [0.05, 0.1) is 17.7 Å². The lowest BCUT2D eigenvalue weighted by molar-refractivity contribution is -0.0132. The first kappa shape index (κ1) is 18.1. The summed E-state index contributed by atoms with van der Waals surface area (Å²) in [5.74, 6) is 0. The zero-order chi connectivity index (χ0) is 20.0. The Kier molecular flexibility index (Phi) is 4.49. The van der Waals surface area contributed by atoms with E-state index in [-0.39, 0.29) is 12.2 Å². The van der Waals surface area contributed by atoms with Crippen LogP contribution in [0.5, 0.6) is 0 Å². The van der Waals surface area contributed by atoms with Gasteiger partial charge in [0.1, 0.15) is 12.3 Å². The minimum Gasteiger partial charge on any atom is -0.446 e. The Morgan fingerprint density at radius 1 is 1.21 bits per heavy atom. The number of hydrogen-bond donors (Lipinski definition) is 0. The van der Waals surface area contributed by atoms with E-state index in [0.29, 0.717) is 25.9 Å². The molecule has 3 aliphatic rings. The van der Waals surface area contributed by atoms with Crippen molar-refractivity contribution in [2.24, 2.45) is 7.05 Å². The summed E-state index contributed by atoms with van der Waals surface area (Å²) in [6.07, 6.45) is 7.93. The highest BCUT2D eigenvalue weighted by molar-refractivity contribution is 5.91. The van der Waals surface area contributed by atoms with E-state index in [1.807, 2.05) is 36.4 Å². The number of fused-ring (bicyclic) bond motifs is 1. The van der Waals surface area contributed by atoms with Crippen LogP contribution in [0.3, 0.4) is 0 Å². The highest BCUT2D eigenvalue weighted by Crippen LogP contribution is 2.36. The SMILES string of the molecule is Cn1cnc(C2=Cc3c(N4CCN(C(=O)OC5CC(F)C5)CC4)ccnc3C2)c1. The molecule has 1 saturated heterocycles. The number of rotatable bonds is 3. The van der Waals surface area contributed by atoms with Crippen molar-refractivity contribution >= 4 is 23.4 Å². The summed E-state index contributed by atoms with van der Waals surface area (Å²) in [5, 5.41) is 0. The van der Waals surface area contributed by atoms with Gasteiger partial charge in [0.25, 0.3) is 0 Å². The molecule has 1 amide bonds. The van der Waals surface area contributed by atoms with Gasteiger partial charge in [0.15, 0.2) is 0 Å². The molecular weight excluding hydrogens is 373 g/mol. The number of halogens is 1. The Bertz CT molecular complexity index is 958. The van der Waals surface area contributed by atoms with Crippen molar-refractivity contribution in [3.8, 4) is 0 Å². The first-order valence-electron chi connectivity index (χ1n) is 10.1. The van der Waals surface area contributed by atoms with Crippen LogP contribution in [0.2, 0.25) is 0 Å². The number of nitrogens with zero attached hydrogens (tertiary/aromatic N) is 5. The van der Waals surface area contributed by atoms with Crippen molar-refractivity contribution in [2.75, 3.05) is 31.1 Å². The number of allylic oxidation sites excluding steroid dienone is 1. The number of piperazine rings is 1. The number of ether oxygens (including phenoxy) is 1. The number of amides is 1. The van der Waals surface area contributed by atoms with Crippen LogP contribution in [0.4, 0.5) is 14.9 Å². The fourth-order valence-corrected chi connectivity index (χ4v) is 4.17. The monoisotopic (exact) mass is 397 g/mol. The average Bonchev–Trinajstić information content (AvgIpc) is 3.32. The molecule has 5 rings (SSSR count). The zero-order valence-corrected chi connectivity index (χ0v) is 16.4.